The van der Waals surface area contributed by atoms with Crippen LogP contribution in [0, 0.1) is 0 Å². The molecule has 0 N–H and O–H groups in total. The van der Waals surface area contributed by atoms with Crippen molar-refractivity contribution < 1.29 is 19.1 Å². The normalized spacial score (nSPS) is 20.3. The molecule has 1 aromatic carbocycles. The second-order valence-corrected chi connectivity index (χ2v) is 7.04. The first kappa shape index (κ1) is 19.2. The molecule has 0 unspecified atom stereocenters. The summed E-state index contributed by atoms with van der Waals surface area (Å²) in [6.07, 6.45) is 1.96. The highest BCUT2D eigenvalue weighted by Crippen LogP contribution is 2.36. The lowest BCUT2D eigenvalue weighted by Crippen LogP contribution is -2.52. The Hall–Kier alpha value is -3.13. The lowest BCUT2D eigenvalue weighted by Gasteiger charge is -2.37. The van der Waals surface area contributed by atoms with Crippen molar-refractivity contribution in [2.75, 3.05) is 50.2 Å². The SMILES string of the molecule is COc1ccc(N2C(=O)C[C@@H](N3CCN(c4ccccn4)CC3)C2=O)c(OC)c1. The van der Waals surface area contributed by atoms with Gasteiger partial charge >= 0.3 is 0 Å². The van der Waals surface area contributed by atoms with Gasteiger partial charge in [0.05, 0.1) is 32.4 Å². The summed E-state index contributed by atoms with van der Waals surface area (Å²) in [6.45, 7) is 2.93. The number of carbonyl (C=O) groups excluding carboxylic acids is 2. The molecule has 29 heavy (non-hydrogen) atoms. The fourth-order valence-electron chi connectivity index (χ4n) is 3.93. The molecule has 8 heteroatoms. The summed E-state index contributed by atoms with van der Waals surface area (Å²) >= 11 is 0. The number of hydrogen-bond acceptors (Lipinski definition) is 7. The van der Waals surface area contributed by atoms with E-state index in [1.54, 1.807) is 31.5 Å². The third kappa shape index (κ3) is 3.63. The second kappa shape index (κ2) is 8.08. The number of pyridine rings is 1. The second-order valence-electron chi connectivity index (χ2n) is 7.04. The summed E-state index contributed by atoms with van der Waals surface area (Å²) in [5.41, 5.74) is 0.456. The average Bonchev–Trinajstić information content (AvgIpc) is 3.07. The van der Waals surface area contributed by atoms with E-state index in [4.69, 9.17) is 9.47 Å². The summed E-state index contributed by atoms with van der Waals surface area (Å²) < 4.78 is 10.6. The molecule has 0 aliphatic carbocycles. The van der Waals surface area contributed by atoms with Crippen molar-refractivity contribution in [3.05, 3.63) is 42.6 Å². The molecule has 2 aliphatic heterocycles. The van der Waals surface area contributed by atoms with Gasteiger partial charge in [-0.05, 0) is 24.3 Å². The maximum Gasteiger partial charge on any atom is 0.251 e. The number of benzene rings is 1. The zero-order valence-electron chi connectivity index (χ0n) is 16.6. The van der Waals surface area contributed by atoms with Crippen molar-refractivity contribution in [2.45, 2.75) is 12.5 Å². The van der Waals surface area contributed by atoms with Gasteiger partial charge in [0.25, 0.3) is 5.91 Å². The molecule has 1 atom stereocenters. The van der Waals surface area contributed by atoms with Crippen LogP contribution < -0.4 is 19.3 Å². The summed E-state index contributed by atoms with van der Waals surface area (Å²) in [5.74, 6) is 1.56. The monoisotopic (exact) mass is 396 g/mol. The van der Waals surface area contributed by atoms with E-state index in [9.17, 15) is 9.59 Å². The number of ether oxygens (including phenoxy) is 2. The number of imide groups is 1. The van der Waals surface area contributed by atoms with Crippen LogP contribution in [0.2, 0.25) is 0 Å². The topological polar surface area (TPSA) is 75.2 Å². The van der Waals surface area contributed by atoms with Crippen LogP contribution in [0.3, 0.4) is 0 Å². The fourth-order valence-corrected chi connectivity index (χ4v) is 3.93. The van der Waals surface area contributed by atoms with Crippen LogP contribution in [0.15, 0.2) is 42.6 Å². The molecule has 2 fully saturated rings. The van der Waals surface area contributed by atoms with Crippen molar-refractivity contribution in [1.29, 1.82) is 0 Å². The van der Waals surface area contributed by atoms with Gasteiger partial charge in [0.2, 0.25) is 5.91 Å². The maximum absolute atomic E-state index is 13.1. The fraction of sp³-hybridized carbons (Fsp3) is 0.381. The van der Waals surface area contributed by atoms with Crippen molar-refractivity contribution in [1.82, 2.24) is 9.88 Å². The lowest BCUT2D eigenvalue weighted by atomic mass is 10.1. The Morgan fingerprint density at radius 3 is 2.45 bits per heavy atom. The van der Waals surface area contributed by atoms with E-state index < -0.39 is 6.04 Å². The number of carbonyl (C=O) groups is 2. The summed E-state index contributed by atoms with van der Waals surface area (Å²) in [4.78, 5) is 35.8. The van der Waals surface area contributed by atoms with Gasteiger partial charge in [-0.1, -0.05) is 6.07 Å². The number of hydrogen-bond donors (Lipinski definition) is 0. The number of amides is 2. The Kier molecular flexibility index (Phi) is 5.35. The molecular formula is C21H24N4O4. The number of aromatic nitrogens is 1. The molecule has 0 saturated carbocycles. The molecule has 0 bridgehead atoms. The molecule has 2 amide bonds. The van der Waals surface area contributed by atoms with Gasteiger partial charge in [-0.15, -0.1) is 0 Å². The molecule has 152 valence electrons. The molecule has 8 nitrogen and oxygen atoms in total. The Bertz CT molecular complexity index is 897. The van der Waals surface area contributed by atoms with Crippen LogP contribution in [0.4, 0.5) is 11.5 Å². The molecule has 2 saturated heterocycles. The first-order valence-electron chi connectivity index (χ1n) is 9.61. The molecular weight excluding hydrogens is 372 g/mol. The van der Waals surface area contributed by atoms with Gasteiger partial charge in [0.1, 0.15) is 17.3 Å². The third-order valence-corrected chi connectivity index (χ3v) is 5.48. The smallest absolute Gasteiger partial charge is 0.251 e. The first-order valence-corrected chi connectivity index (χ1v) is 9.61. The molecule has 3 heterocycles. The molecule has 2 aliphatic rings. The predicted molar refractivity (Wildman–Crippen MR) is 108 cm³/mol. The van der Waals surface area contributed by atoms with Crippen LogP contribution in [-0.4, -0.2) is 68.1 Å². The molecule has 4 rings (SSSR count). The highest BCUT2D eigenvalue weighted by atomic mass is 16.5. The van der Waals surface area contributed by atoms with Crippen LogP contribution in [-0.2, 0) is 9.59 Å². The van der Waals surface area contributed by atoms with Gasteiger partial charge in [-0.3, -0.25) is 14.5 Å². The zero-order valence-corrected chi connectivity index (χ0v) is 16.6. The van der Waals surface area contributed by atoms with Crippen LogP contribution in [0.5, 0.6) is 11.5 Å². The minimum Gasteiger partial charge on any atom is -0.497 e. The van der Waals surface area contributed by atoms with E-state index in [0.717, 1.165) is 18.9 Å². The Balaban J connectivity index is 1.48. The van der Waals surface area contributed by atoms with Crippen molar-refractivity contribution in [3.8, 4) is 11.5 Å². The van der Waals surface area contributed by atoms with Crippen molar-refractivity contribution in [3.63, 3.8) is 0 Å². The number of piperazine rings is 1. The minimum absolute atomic E-state index is 0.178. The van der Waals surface area contributed by atoms with Crippen LogP contribution in [0.1, 0.15) is 6.42 Å². The van der Waals surface area contributed by atoms with Gasteiger partial charge in [0, 0.05) is 38.4 Å². The number of rotatable bonds is 5. The van der Waals surface area contributed by atoms with Gasteiger partial charge < -0.3 is 14.4 Å². The van der Waals surface area contributed by atoms with Gasteiger partial charge in [-0.2, -0.15) is 0 Å². The van der Waals surface area contributed by atoms with E-state index in [2.05, 4.69) is 14.8 Å². The third-order valence-electron chi connectivity index (χ3n) is 5.48. The number of methoxy groups -OCH3 is 2. The minimum atomic E-state index is -0.444. The summed E-state index contributed by atoms with van der Waals surface area (Å²) in [7, 11) is 3.07. The Labute approximate surface area is 169 Å². The number of nitrogens with zero attached hydrogens (tertiary/aromatic N) is 4. The Morgan fingerprint density at radius 2 is 1.79 bits per heavy atom. The van der Waals surface area contributed by atoms with E-state index in [1.165, 1.54) is 12.0 Å². The Morgan fingerprint density at radius 1 is 1.00 bits per heavy atom. The van der Waals surface area contributed by atoms with E-state index in [0.29, 0.717) is 30.3 Å². The highest BCUT2D eigenvalue weighted by molar-refractivity contribution is 6.23. The van der Waals surface area contributed by atoms with Gasteiger partial charge in [0.15, 0.2) is 0 Å². The maximum atomic E-state index is 13.1. The quantitative estimate of drug-likeness (QED) is 0.710. The predicted octanol–water partition coefficient (Wildman–Crippen LogP) is 1.55. The zero-order chi connectivity index (χ0) is 20.4. The largest absolute Gasteiger partial charge is 0.497 e. The molecule has 0 spiro atoms. The number of anilines is 2. The summed E-state index contributed by atoms with van der Waals surface area (Å²) in [6, 6.07) is 10.5. The highest BCUT2D eigenvalue weighted by Gasteiger charge is 2.44. The van der Waals surface area contributed by atoms with E-state index in [1.807, 2.05) is 18.2 Å². The van der Waals surface area contributed by atoms with Crippen LogP contribution in [0.25, 0.3) is 0 Å². The summed E-state index contributed by atoms with van der Waals surface area (Å²) in [5, 5.41) is 0. The standard InChI is InChI=1S/C21H24N4O4/c1-28-15-6-7-16(18(13-15)29-2)25-20(26)14-17(21(25)27)23-9-11-24(12-10-23)19-5-3-4-8-22-19/h3-8,13,17H,9-12,14H2,1-2H3/t17-/m1/s1. The average molecular weight is 396 g/mol. The first-order chi connectivity index (χ1) is 14.1. The molecule has 2 aromatic rings. The lowest BCUT2D eigenvalue weighted by molar-refractivity contribution is -0.123. The molecule has 1 aromatic heterocycles. The van der Waals surface area contributed by atoms with Gasteiger partial charge in [-0.25, -0.2) is 9.88 Å². The van der Waals surface area contributed by atoms with E-state index in [-0.39, 0.29) is 18.2 Å². The van der Waals surface area contributed by atoms with E-state index >= 15 is 0 Å². The molecule has 0 radical (unpaired) electrons. The van der Waals surface area contributed by atoms with Crippen molar-refractivity contribution in [2.24, 2.45) is 0 Å². The van der Waals surface area contributed by atoms with Crippen molar-refractivity contribution >= 4 is 23.3 Å². The van der Waals surface area contributed by atoms with Crippen LogP contribution >= 0.6 is 0 Å².